The Hall–Kier alpha value is -3.27. The summed E-state index contributed by atoms with van der Waals surface area (Å²) in [5.74, 6) is -0.443. The van der Waals surface area contributed by atoms with Gasteiger partial charge in [0.15, 0.2) is 11.4 Å². The summed E-state index contributed by atoms with van der Waals surface area (Å²) < 4.78 is 12.2. The molecule has 5 atom stereocenters. The number of Topliss-reactive ketones (excluding diaryl/α,β-unsaturated/α-hetero) is 2. The second kappa shape index (κ2) is 13.9. The number of aliphatic hydroxyl groups is 1. The van der Waals surface area contributed by atoms with E-state index in [0.29, 0.717) is 30.3 Å². The van der Waals surface area contributed by atoms with Crippen molar-refractivity contribution in [3.63, 3.8) is 0 Å². The number of nitrogens with two attached hydrogens (primary N) is 1. The molecule has 0 radical (unpaired) electrons. The Balaban J connectivity index is 1.31. The number of benzene rings is 1. The first kappa shape index (κ1) is 34.6. The highest BCUT2D eigenvalue weighted by molar-refractivity contribution is 6.32. The minimum absolute atomic E-state index is 0.0562. The van der Waals surface area contributed by atoms with Crippen molar-refractivity contribution in [2.45, 2.75) is 109 Å². The number of hydrogen-bond donors (Lipinski definition) is 4. The summed E-state index contributed by atoms with van der Waals surface area (Å²) in [5, 5.41) is 17.5. The first-order valence-corrected chi connectivity index (χ1v) is 18.1. The Morgan fingerprint density at radius 2 is 1.81 bits per heavy atom. The summed E-state index contributed by atoms with van der Waals surface area (Å²) >= 11 is 0. The molecule has 0 unspecified atom stereocenters. The molecule has 5 N–H and O–H groups in total. The minimum Gasteiger partial charge on any atom is -0.463 e. The number of allylic oxidation sites excluding steroid dienone is 3. The molecule has 0 aromatic heterocycles. The van der Waals surface area contributed by atoms with Crippen LogP contribution in [0.2, 0.25) is 0 Å². The van der Waals surface area contributed by atoms with Crippen molar-refractivity contribution >= 4 is 17.5 Å². The quantitative estimate of drug-likeness (QED) is 0.102. The van der Waals surface area contributed by atoms with Crippen LogP contribution in [0.15, 0.2) is 59.0 Å². The van der Waals surface area contributed by atoms with Gasteiger partial charge in [-0.15, -0.1) is 0 Å². The Bertz CT molecular complexity index is 1520. The van der Waals surface area contributed by atoms with Crippen LogP contribution in [-0.4, -0.2) is 66.2 Å². The fourth-order valence-corrected chi connectivity index (χ4v) is 9.23. The molecule has 260 valence electrons. The van der Waals surface area contributed by atoms with E-state index >= 15 is 0 Å². The van der Waals surface area contributed by atoms with E-state index in [2.05, 4.69) is 30.6 Å². The van der Waals surface area contributed by atoms with Crippen molar-refractivity contribution in [1.29, 1.82) is 0 Å². The van der Waals surface area contributed by atoms with Crippen LogP contribution in [0.1, 0.15) is 112 Å². The summed E-state index contributed by atoms with van der Waals surface area (Å²) in [4.78, 5) is 42.8. The molecule has 3 fully saturated rings. The smallest absolute Gasteiger partial charge is 0.350 e. The largest absolute Gasteiger partial charge is 0.463 e. The number of rotatable bonds is 12. The van der Waals surface area contributed by atoms with Crippen LogP contribution < -0.4 is 16.4 Å². The Labute approximate surface area is 284 Å². The molecule has 48 heavy (non-hydrogen) atoms. The van der Waals surface area contributed by atoms with Crippen LogP contribution in [0.3, 0.4) is 0 Å². The van der Waals surface area contributed by atoms with Gasteiger partial charge in [-0.25, -0.2) is 4.79 Å². The molecule has 3 aliphatic carbocycles. The maximum absolute atomic E-state index is 14.3. The van der Waals surface area contributed by atoms with Crippen LogP contribution in [0.5, 0.6) is 0 Å². The van der Waals surface area contributed by atoms with Gasteiger partial charge in [-0.2, -0.15) is 0 Å². The van der Waals surface area contributed by atoms with Crippen LogP contribution in [-0.2, 0) is 14.3 Å². The van der Waals surface area contributed by atoms with Crippen LogP contribution >= 0.6 is 0 Å². The van der Waals surface area contributed by atoms with Gasteiger partial charge in [0.25, 0.3) is 5.60 Å². The summed E-state index contributed by atoms with van der Waals surface area (Å²) in [6.45, 7) is 7.59. The molecule has 0 amide bonds. The van der Waals surface area contributed by atoms with Crippen molar-refractivity contribution in [1.82, 2.24) is 10.6 Å². The van der Waals surface area contributed by atoms with E-state index in [9.17, 15) is 19.5 Å². The molecule has 1 aromatic carbocycles. The molecule has 0 bridgehead atoms. The van der Waals surface area contributed by atoms with Crippen LogP contribution in [0.4, 0.5) is 0 Å². The number of fused-ring (bicyclic) bond motifs is 2. The number of epoxide rings is 1. The number of hydrogen-bond acceptors (Lipinski definition) is 9. The second-order valence-corrected chi connectivity index (χ2v) is 14.8. The molecular weight excluding hydrogens is 606 g/mol. The molecule has 9 nitrogen and oxygen atoms in total. The normalized spacial score (nSPS) is 31.4. The maximum Gasteiger partial charge on any atom is 0.350 e. The topological polar surface area (TPSA) is 143 Å². The number of ketones is 2. The minimum atomic E-state index is -2.07. The molecule has 2 aliphatic heterocycles. The van der Waals surface area contributed by atoms with E-state index in [4.69, 9.17) is 15.2 Å². The number of carbonyl (C=O) groups is 3. The summed E-state index contributed by atoms with van der Waals surface area (Å²) in [6, 6.07) is 6.82. The molecule has 5 aliphatic rings. The monoisotopic (exact) mass is 659 g/mol. The highest BCUT2D eigenvalue weighted by Gasteiger charge is 2.85. The highest BCUT2D eigenvalue weighted by Crippen LogP contribution is 2.60. The lowest BCUT2D eigenvalue weighted by molar-refractivity contribution is -0.150. The van der Waals surface area contributed by atoms with E-state index in [-0.39, 0.29) is 48.1 Å². The van der Waals surface area contributed by atoms with E-state index < -0.39 is 28.7 Å². The number of ether oxygens (including phenoxy) is 2. The van der Waals surface area contributed by atoms with Gasteiger partial charge in [-0.3, -0.25) is 9.59 Å². The average Bonchev–Trinajstić information content (AvgIpc) is 3.81. The Morgan fingerprint density at radius 3 is 2.48 bits per heavy atom. The van der Waals surface area contributed by atoms with Gasteiger partial charge in [0.1, 0.15) is 0 Å². The third-order valence-corrected chi connectivity index (χ3v) is 12.0. The van der Waals surface area contributed by atoms with Crippen molar-refractivity contribution in [2.75, 3.05) is 26.3 Å². The van der Waals surface area contributed by atoms with Gasteiger partial charge in [-0.05, 0) is 80.5 Å². The van der Waals surface area contributed by atoms with Gasteiger partial charge < -0.3 is 30.9 Å². The van der Waals surface area contributed by atoms with Crippen LogP contribution in [0.25, 0.3) is 0 Å². The Kier molecular flexibility index (Phi) is 10.0. The summed E-state index contributed by atoms with van der Waals surface area (Å²) in [6.07, 6.45) is 14.4. The number of nitrogens with one attached hydrogen (secondary N) is 2. The molecule has 9 heteroatoms. The molecular formula is C39H53N3O6. The molecule has 0 spiro atoms. The summed E-state index contributed by atoms with van der Waals surface area (Å²) in [5.41, 5.74) is 5.41. The number of dihydropyridines is 1. The van der Waals surface area contributed by atoms with Crippen LogP contribution in [0, 0.1) is 17.3 Å². The highest BCUT2D eigenvalue weighted by atomic mass is 16.7. The maximum atomic E-state index is 14.3. The number of aliphatic hydroxyl groups excluding tert-OH is 1. The first-order chi connectivity index (χ1) is 23.1. The van der Waals surface area contributed by atoms with Crippen molar-refractivity contribution in [2.24, 2.45) is 23.0 Å². The SMILES string of the molecule is CCN[C@H]1CC[C@@H](CC)C[C@H]1COC(=O)[C@]12O[C@@]1(C/C(CO)=C(\C)CC1(C3=CCNC(N)=C3)CCCCC1)C(=O)c1ccccc1C2=O. The van der Waals surface area contributed by atoms with E-state index in [1.54, 1.807) is 24.3 Å². The van der Waals surface area contributed by atoms with Crippen molar-refractivity contribution < 1.29 is 29.0 Å². The number of esters is 1. The van der Waals surface area contributed by atoms with Gasteiger partial charge in [0.05, 0.1) is 19.0 Å². The average molecular weight is 660 g/mol. The van der Waals surface area contributed by atoms with Gasteiger partial charge >= 0.3 is 5.97 Å². The van der Waals surface area contributed by atoms with Gasteiger partial charge in [0.2, 0.25) is 5.78 Å². The van der Waals surface area contributed by atoms with E-state index in [0.717, 1.165) is 63.5 Å². The molecule has 2 heterocycles. The lowest BCUT2D eigenvalue weighted by atomic mass is 9.64. The standard InChI is InChI=1S/C39H53N3O6/c1-4-26-13-14-32(41-5-2)27(19-26)24-47-36(46)39-35(45)31-12-8-7-11-30(31)34(44)38(39,48-39)22-28(23-43)25(3)21-37(16-9-6-10-17-37)29-15-18-42-33(40)20-29/h7-8,11-12,15,20,26-27,32,41-43H,4-6,9-10,13-14,16-19,21-24,40H2,1-3H3/b28-25-/t26-,27+,32+,38+,39+/m1/s1. The molecule has 1 aromatic rings. The first-order valence-electron chi connectivity index (χ1n) is 18.1. The fraction of sp³-hybridized carbons (Fsp3) is 0.615. The zero-order valence-electron chi connectivity index (χ0n) is 28.9. The third-order valence-electron chi connectivity index (χ3n) is 12.0. The third kappa shape index (κ3) is 5.96. The van der Waals surface area contributed by atoms with Gasteiger partial charge in [-0.1, -0.05) is 75.4 Å². The Morgan fingerprint density at radius 1 is 1.08 bits per heavy atom. The zero-order chi connectivity index (χ0) is 34.1. The summed E-state index contributed by atoms with van der Waals surface area (Å²) in [7, 11) is 0. The molecule has 6 rings (SSSR count). The van der Waals surface area contributed by atoms with Gasteiger partial charge in [0, 0.05) is 36.1 Å². The lowest BCUT2D eigenvalue weighted by Gasteiger charge is -2.41. The van der Waals surface area contributed by atoms with E-state index in [1.807, 2.05) is 13.0 Å². The van der Waals surface area contributed by atoms with Crippen molar-refractivity contribution in [3.8, 4) is 0 Å². The number of carbonyl (C=O) groups excluding carboxylic acids is 3. The predicted octanol–water partition coefficient (Wildman–Crippen LogP) is 5.29. The van der Waals surface area contributed by atoms with Crippen molar-refractivity contribution in [3.05, 3.63) is 70.1 Å². The zero-order valence-corrected chi connectivity index (χ0v) is 28.9. The molecule has 1 saturated heterocycles. The molecule has 2 saturated carbocycles. The fourth-order valence-electron chi connectivity index (χ4n) is 9.23. The lowest BCUT2D eigenvalue weighted by Crippen LogP contribution is -2.51. The predicted molar refractivity (Wildman–Crippen MR) is 184 cm³/mol. The van der Waals surface area contributed by atoms with E-state index in [1.165, 1.54) is 12.0 Å². The second-order valence-electron chi connectivity index (χ2n) is 14.8.